The first-order valence-corrected chi connectivity index (χ1v) is 10.3. The van der Waals surface area contributed by atoms with Gasteiger partial charge in [-0.2, -0.15) is 13.2 Å². The molecule has 2 saturated heterocycles. The Bertz CT molecular complexity index is 912. The Morgan fingerprint density at radius 3 is 2.43 bits per heavy atom. The molecule has 0 spiro atoms. The number of halogens is 3. The predicted molar refractivity (Wildman–Crippen MR) is 96.5 cm³/mol. The Kier molecular flexibility index (Phi) is 5.03. The standard InChI is InChI=1S/C18H19F3N2O4S/c1-2-15(24)22-14-7-5-12(6-8-14)16(25)23-10-13-4-3-9-28(26,27)17(13,11-23)18(19,20)21/h2,5-8,13H,1,3-4,9-11H2,(H,22,24). The van der Waals surface area contributed by atoms with Gasteiger partial charge in [0.2, 0.25) is 5.91 Å². The van der Waals surface area contributed by atoms with Crippen molar-refractivity contribution in [2.45, 2.75) is 23.8 Å². The van der Waals surface area contributed by atoms with Crippen molar-refractivity contribution in [3.8, 4) is 0 Å². The number of sulfone groups is 1. The Hall–Kier alpha value is -2.36. The topological polar surface area (TPSA) is 83.6 Å². The van der Waals surface area contributed by atoms with Crippen LogP contribution in [0.2, 0.25) is 0 Å². The molecular formula is C18H19F3N2O4S. The molecule has 2 unspecified atom stereocenters. The Morgan fingerprint density at radius 1 is 1.25 bits per heavy atom. The number of benzene rings is 1. The van der Waals surface area contributed by atoms with Crippen molar-refractivity contribution >= 4 is 27.3 Å². The quantitative estimate of drug-likeness (QED) is 0.767. The van der Waals surface area contributed by atoms with Gasteiger partial charge < -0.3 is 10.2 Å². The van der Waals surface area contributed by atoms with Crippen molar-refractivity contribution in [2.75, 3.05) is 24.2 Å². The van der Waals surface area contributed by atoms with Crippen LogP contribution in [0.4, 0.5) is 18.9 Å². The van der Waals surface area contributed by atoms with Crippen molar-refractivity contribution in [3.63, 3.8) is 0 Å². The van der Waals surface area contributed by atoms with Gasteiger partial charge in [0.05, 0.1) is 5.75 Å². The lowest BCUT2D eigenvalue weighted by molar-refractivity contribution is -0.168. The summed E-state index contributed by atoms with van der Waals surface area (Å²) in [5, 5.41) is 2.49. The van der Waals surface area contributed by atoms with Crippen LogP contribution in [0.3, 0.4) is 0 Å². The molecular weight excluding hydrogens is 397 g/mol. The fourth-order valence-corrected chi connectivity index (χ4v) is 6.31. The van der Waals surface area contributed by atoms with Crippen LogP contribution in [0.5, 0.6) is 0 Å². The van der Waals surface area contributed by atoms with E-state index >= 15 is 0 Å². The summed E-state index contributed by atoms with van der Waals surface area (Å²) in [5.41, 5.74) is 0.510. The number of alkyl halides is 3. The summed E-state index contributed by atoms with van der Waals surface area (Å²) in [7, 11) is -4.43. The lowest BCUT2D eigenvalue weighted by atomic mass is 9.90. The number of rotatable bonds is 3. The second-order valence-electron chi connectivity index (χ2n) is 7.00. The summed E-state index contributed by atoms with van der Waals surface area (Å²) in [6.45, 7) is 2.17. The highest BCUT2D eigenvalue weighted by atomic mass is 32.2. The van der Waals surface area contributed by atoms with Gasteiger partial charge >= 0.3 is 6.18 Å². The highest BCUT2D eigenvalue weighted by Gasteiger charge is 2.72. The van der Waals surface area contributed by atoms with Crippen LogP contribution < -0.4 is 5.32 Å². The molecule has 2 amide bonds. The average Bonchev–Trinajstić information content (AvgIpc) is 3.04. The number of anilines is 1. The molecule has 10 heteroatoms. The number of nitrogens with zero attached hydrogens (tertiary/aromatic N) is 1. The van der Waals surface area contributed by atoms with E-state index in [2.05, 4.69) is 11.9 Å². The minimum atomic E-state index is -4.95. The van der Waals surface area contributed by atoms with Gasteiger partial charge in [0.15, 0.2) is 14.6 Å². The van der Waals surface area contributed by atoms with Gasteiger partial charge in [-0.15, -0.1) is 0 Å². The second kappa shape index (κ2) is 6.91. The molecule has 2 atom stereocenters. The number of amides is 2. The highest BCUT2D eigenvalue weighted by Crippen LogP contribution is 2.51. The fourth-order valence-electron chi connectivity index (χ4n) is 3.99. The number of nitrogens with one attached hydrogen (secondary N) is 1. The van der Waals surface area contributed by atoms with E-state index in [-0.39, 0.29) is 24.9 Å². The van der Waals surface area contributed by atoms with E-state index in [1.165, 1.54) is 24.3 Å². The molecule has 0 aromatic heterocycles. The van der Waals surface area contributed by atoms with Crippen molar-refractivity contribution in [2.24, 2.45) is 5.92 Å². The summed E-state index contributed by atoms with van der Waals surface area (Å²) in [5.74, 6) is -2.81. The van der Waals surface area contributed by atoms with Crippen molar-refractivity contribution in [1.82, 2.24) is 4.90 Å². The molecule has 1 N–H and O–H groups in total. The molecule has 0 bridgehead atoms. The van der Waals surface area contributed by atoms with Crippen LogP contribution >= 0.6 is 0 Å². The van der Waals surface area contributed by atoms with Crippen LogP contribution in [-0.4, -0.2) is 54.9 Å². The first kappa shape index (κ1) is 20.4. The van der Waals surface area contributed by atoms with Crippen molar-refractivity contribution in [1.29, 1.82) is 0 Å². The summed E-state index contributed by atoms with van der Waals surface area (Å²) < 4.78 is 63.5. The van der Waals surface area contributed by atoms with Crippen molar-refractivity contribution in [3.05, 3.63) is 42.5 Å². The fraction of sp³-hybridized carbons (Fsp3) is 0.444. The first-order chi connectivity index (χ1) is 13.0. The Balaban J connectivity index is 1.86. The zero-order chi connectivity index (χ0) is 20.7. The minimum absolute atomic E-state index is 0.106. The van der Waals surface area contributed by atoms with Gasteiger partial charge in [-0.05, 0) is 43.2 Å². The lowest BCUT2D eigenvalue weighted by Gasteiger charge is -2.38. The van der Waals surface area contributed by atoms with Crippen LogP contribution in [0.25, 0.3) is 0 Å². The van der Waals surface area contributed by atoms with Gasteiger partial charge in [-0.3, -0.25) is 9.59 Å². The predicted octanol–water partition coefficient (Wildman–Crippen LogP) is 2.39. The number of hydrogen-bond donors (Lipinski definition) is 1. The second-order valence-corrected chi connectivity index (χ2v) is 9.37. The van der Waals surface area contributed by atoms with E-state index in [1.54, 1.807) is 0 Å². The summed E-state index contributed by atoms with van der Waals surface area (Å²) in [6, 6.07) is 5.62. The van der Waals surface area contributed by atoms with Gasteiger partial charge in [0, 0.05) is 30.3 Å². The van der Waals surface area contributed by atoms with E-state index in [0.717, 1.165) is 11.0 Å². The molecule has 152 valence electrons. The van der Waals surface area contributed by atoms with E-state index < -0.39 is 50.8 Å². The molecule has 0 aliphatic carbocycles. The number of fused-ring (bicyclic) bond motifs is 1. The van der Waals surface area contributed by atoms with E-state index in [9.17, 15) is 31.2 Å². The Morgan fingerprint density at radius 2 is 1.89 bits per heavy atom. The largest absolute Gasteiger partial charge is 0.410 e. The molecule has 3 rings (SSSR count). The molecule has 0 radical (unpaired) electrons. The molecule has 1 aromatic carbocycles. The molecule has 28 heavy (non-hydrogen) atoms. The molecule has 2 heterocycles. The summed E-state index contributed by atoms with van der Waals surface area (Å²) in [4.78, 5) is 25.0. The van der Waals surface area contributed by atoms with Crippen LogP contribution in [0.15, 0.2) is 36.9 Å². The van der Waals surface area contributed by atoms with Crippen molar-refractivity contribution < 1.29 is 31.2 Å². The average molecular weight is 416 g/mol. The van der Waals surface area contributed by atoms with Crippen LogP contribution in [0.1, 0.15) is 23.2 Å². The normalized spacial score (nSPS) is 26.4. The third-order valence-electron chi connectivity index (χ3n) is 5.40. The van der Waals surface area contributed by atoms with E-state index in [0.29, 0.717) is 5.69 Å². The maximum Gasteiger partial charge on any atom is 0.410 e. The van der Waals surface area contributed by atoms with Crippen LogP contribution in [-0.2, 0) is 14.6 Å². The molecule has 2 aliphatic rings. The number of carbonyl (C=O) groups is 2. The number of carbonyl (C=O) groups excluding carboxylic acids is 2. The van der Waals surface area contributed by atoms with Crippen LogP contribution in [0, 0.1) is 5.92 Å². The smallest absolute Gasteiger partial charge is 0.336 e. The van der Waals surface area contributed by atoms with E-state index in [1.807, 2.05) is 0 Å². The zero-order valence-corrected chi connectivity index (χ0v) is 15.6. The van der Waals surface area contributed by atoms with Gasteiger partial charge in [0.25, 0.3) is 5.91 Å². The molecule has 2 aliphatic heterocycles. The minimum Gasteiger partial charge on any atom is -0.336 e. The monoisotopic (exact) mass is 416 g/mol. The third kappa shape index (κ3) is 3.19. The SMILES string of the molecule is C=CC(=O)Nc1ccc(C(=O)N2CC3CCCS(=O)(=O)C3(C(F)(F)F)C2)cc1. The summed E-state index contributed by atoms with van der Waals surface area (Å²) >= 11 is 0. The molecule has 0 saturated carbocycles. The number of likely N-dealkylation sites (tertiary alicyclic amines) is 1. The van der Waals surface area contributed by atoms with E-state index in [4.69, 9.17) is 0 Å². The highest BCUT2D eigenvalue weighted by molar-refractivity contribution is 7.93. The van der Waals surface area contributed by atoms with Gasteiger partial charge in [0.1, 0.15) is 0 Å². The Labute approximate surface area is 160 Å². The molecule has 1 aromatic rings. The molecule has 2 fully saturated rings. The lowest BCUT2D eigenvalue weighted by Crippen LogP contribution is -2.60. The van der Waals surface area contributed by atoms with Gasteiger partial charge in [-0.1, -0.05) is 6.58 Å². The third-order valence-corrected chi connectivity index (χ3v) is 8.03. The zero-order valence-electron chi connectivity index (χ0n) is 14.8. The molecule has 6 nitrogen and oxygen atoms in total. The summed E-state index contributed by atoms with van der Waals surface area (Å²) in [6.07, 6.45) is -3.62. The maximum absolute atomic E-state index is 13.9. The maximum atomic E-state index is 13.9. The van der Waals surface area contributed by atoms with Gasteiger partial charge in [-0.25, -0.2) is 8.42 Å². The number of hydrogen-bond acceptors (Lipinski definition) is 4. The first-order valence-electron chi connectivity index (χ1n) is 8.63.